The van der Waals surface area contributed by atoms with Gasteiger partial charge in [0.2, 0.25) is 5.91 Å². The summed E-state index contributed by atoms with van der Waals surface area (Å²) in [6.07, 6.45) is 1.58. The molecule has 0 radical (unpaired) electrons. The van der Waals surface area contributed by atoms with Crippen molar-refractivity contribution in [1.29, 1.82) is 0 Å². The fourth-order valence-corrected chi connectivity index (χ4v) is 3.96. The average Bonchev–Trinajstić information content (AvgIpc) is 2.77. The predicted octanol–water partition coefficient (Wildman–Crippen LogP) is 2.08. The topological polar surface area (TPSA) is 58.1 Å². The number of rotatable bonds is 6. The van der Waals surface area contributed by atoms with Crippen LogP contribution in [0.4, 0.5) is 0 Å². The average molecular weight is 324 g/mol. The number of hydrogen-bond acceptors (Lipinski definition) is 6. The second kappa shape index (κ2) is 7.20. The number of carbonyl (C=O) groups is 1. The first-order valence-corrected chi connectivity index (χ1v) is 8.57. The lowest BCUT2D eigenvalue weighted by Crippen LogP contribution is -2.33. The van der Waals surface area contributed by atoms with Crippen molar-refractivity contribution in [3.05, 3.63) is 16.8 Å². The summed E-state index contributed by atoms with van der Waals surface area (Å²) in [5.41, 5.74) is 1.22. The normalized spacial score (nSPS) is 11.0. The Morgan fingerprint density at radius 3 is 2.90 bits per heavy atom. The molecule has 0 aliphatic carbocycles. The molecule has 1 N–H and O–H groups in total. The summed E-state index contributed by atoms with van der Waals surface area (Å²) in [5.74, 6) is 0.521. The molecule has 0 spiro atoms. The van der Waals surface area contributed by atoms with Crippen LogP contribution in [0.5, 0.6) is 0 Å². The van der Waals surface area contributed by atoms with Crippen LogP contribution in [-0.2, 0) is 4.79 Å². The summed E-state index contributed by atoms with van der Waals surface area (Å²) in [4.78, 5) is 24.7. The van der Waals surface area contributed by atoms with E-state index in [9.17, 15) is 4.79 Å². The zero-order valence-electron chi connectivity index (χ0n) is 12.8. The first-order valence-electron chi connectivity index (χ1n) is 6.76. The number of thioether (sulfide) groups is 1. The monoisotopic (exact) mass is 324 g/mol. The van der Waals surface area contributed by atoms with Gasteiger partial charge < -0.3 is 10.2 Å². The Morgan fingerprint density at radius 1 is 1.43 bits per heavy atom. The van der Waals surface area contributed by atoms with E-state index < -0.39 is 0 Å². The molecule has 0 aromatic carbocycles. The van der Waals surface area contributed by atoms with Crippen LogP contribution < -0.4 is 5.32 Å². The molecular formula is C14H20N4OS2. The summed E-state index contributed by atoms with van der Waals surface area (Å²) >= 11 is 3.17. The van der Waals surface area contributed by atoms with Gasteiger partial charge in [0.25, 0.3) is 0 Å². The van der Waals surface area contributed by atoms with Gasteiger partial charge in [0.1, 0.15) is 16.2 Å². The number of aryl methyl sites for hydroxylation is 2. The molecule has 0 saturated carbocycles. The second-order valence-corrected chi connectivity index (χ2v) is 7.02. The highest BCUT2D eigenvalue weighted by molar-refractivity contribution is 8.00. The third kappa shape index (κ3) is 3.72. The Hall–Kier alpha value is -1.18. The van der Waals surface area contributed by atoms with Crippen molar-refractivity contribution in [2.24, 2.45) is 0 Å². The van der Waals surface area contributed by atoms with Crippen LogP contribution in [0.25, 0.3) is 10.2 Å². The van der Waals surface area contributed by atoms with Crippen molar-refractivity contribution < 1.29 is 4.79 Å². The number of aromatic nitrogens is 2. The van der Waals surface area contributed by atoms with Gasteiger partial charge in [-0.1, -0.05) is 11.8 Å². The molecule has 0 bridgehead atoms. The number of fused-ring (bicyclic) bond motifs is 1. The van der Waals surface area contributed by atoms with E-state index in [2.05, 4.69) is 29.1 Å². The second-order valence-electron chi connectivity index (χ2n) is 4.85. The van der Waals surface area contributed by atoms with Crippen molar-refractivity contribution in [2.45, 2.75) is 18.9 Å². The molecule has 2 heterocycles. The number of amides is 1. The lowest BCUT2D eigenvalue weighted by Gasteiger charge is -2.16. The molecular weight excluding hydrogens is 304 g/mol. The van der Waals surface area contributed by atoms with Gasteiger partial charge in [0.05, 0.1) is 5.75 Å². The molecule has 0 saturated heterocycles. The Kier molecular flexibility index (Phi) is 5.55. The number of likely N-dealkylation sites (N-methyl/N-ethyl adjacent to an activating group) is 2. The van der Waals surface area contributed by atoms with Gasteiger partial charge in [-0.3, -0.25) is 4.79 Å². The van der Waals surface area contributed by atoms with Crippen molar-refractivity contribution >= 4 is 39.2 Å². The fourth-order valence-electron chi connectivity index (χ4n) is 1.90. The lowest BCUT2D eigenvalue weighted by atomic mass is 10.2. The molecule has 0 aliphatic heterocycles. The molecule has 0 fully saturated rings. The molecule has 0 aliphatic rings. The number of hydrogen-bond donors (Lipinski definition) is 1. The van der Waals surface area contributed by atoms with E-state index in [4.69, 9.17) is 0 Å². The minimum Gasteiger partial charge on any atom is -0.344 e. The zero-order chi connectivity index (χ0) is 15.4. The predicted molar refractivity (Wildman–Crippen MR) is 89.2 cm³/mol. The van der Waals surface area contributed by atoms with Crippen LogP contribution in [0, 0.1) is 13.8 Å². The van der Waals surface area contributed by atoms with Gasteiger partial charge in [0, 0.05) is 30.4 Å². The maximum atomic E-state index is 12.1. The Morgan fingerprint density at radius 2 is 2.19 bits per heavy atom. The minimum absolute atomic E-state index is 0.117. The molecule has 0 unspecified atom stereocenters. The van der Waals surface area contributed by atoms with Crippen molar-refractivity contribution in [3.8, 4) is 0 Å². The number of thiophene rings is 1. The maximum absolute atomic E-state index is 12.1. The molecule has 114 valence electrons. The zero-order valence-corrected chi connectivity index (χ0v) is 14.4. The summed E-state index contributed by atoms with van der Waals surface area (Å²) in [6, 6.07) is 0. The van der Waals surface area contributed by atoms with Crippen LogP contribution in [0.2, 0.25) is 0 Å². The van der Waals surface area contributed by atoms with Crippen molar-refractivity contribution in [2.75, 3.05) is 32.9 Å². The molecule has 2 aromatic heterocycles. The number of carbonyl (C=O) groups excluding carboxylic acids is 1. The quantitative estimate of drug-likeness (QED) is 0.651. The van der Waals surface area contributed by atoms with Crippen LogP contribution in [-0.4, -0.2) is 53.7 Å². The van der Waals surface area contributed by atoms with Crippen LogP contribution in [0.1, 0.15) is 10.4 Å². The highest BCUT2D eigenvalue weighted by atomic mass is 32.2. The van der Waals surface area contributed by atoms with Gasteiger partial charge in [-0.05, 0) is 26.5 Å². The molecule has 2 rings (SSSR count). The summed E-state index contributed by atoms with van der Waals surface area (Å²) < 4.78 is 0. The molecule has 7 heteroatoms. The van der Waals surface area contributed by atoms with E-state index >= 15 is 0 Å². The fraction of sp³-hybridized carbons (Fsp3) is 0.500. The maximum Gasteiger partial charge on any atom is 0.232 e. The van der Waals surface area contributed by atoms with Crippen LogP contribution in [0.3, 0.4) is 0 Å². The van der Waals surface area contributed by atoms with E-state index in [0.717, 1.165) is 21.8 Å². The van der Waals surface area contributed by atoms with Crippen molar-refractivity contribution in [3.63, 3.8) is 0 Å². The summed E-state index contributed by atoms with van der Waals surface area (Å²) in [7, 11) is 3.71. The van der Waals surface area contributed by atoms with E-state index in [0.29, 0.717) is 12.3 Å². The first-order chi connectivity index (χ1) is 10.0. The Bertz CT molecular complexity index is 641. The van der Waals surface area contributed by atoms with E-state index in [1.807, 2.05) is 14.1 Å². The van der Waals surface area contributed by atoms with Gasteiger partial charge in [-0.25, -0.2) is 9.97 Å². The molecule has 1 amide bonds. The van der Waals surface area contributed by atoms with Crippen molar-refractivity contribution in [1.82, 2.24) is 20.2 Å². The third-order valence-corrected chi connectivity index (χ3v) is 5.48. The standard InChI is InChI=1S/C14H20N4OS2/c1-9-10(2)21-14-12(9)13(16-8-17-14)20-7-11(19)18(4)6-5-15-3/h8,15H,5-7H2,1-4H3. The molecule has 5 nitrogen and oxygen atoms in total. The number of nitrogens with one attached hydrogen (secondary N) is 1. The Balaban J connectivity index is 2.08. The molecule has 0 atom stereocenters. The third-order valence-electron chi connectivity index (χ3n) is 3.39. The van der Waals surface area contributed by atoms with Crippen LogP contribution in [0.15, 0.2) is 11.4 Å². The Labute approximate surface area is 133 Å². The van der Waals surface area contributed by atoms with Gasteiger partial charge >= 0.3 is 0 Å². The molecule has 2 aromatic rings. The van der Waals surface area contributed by atoms with Gasteiger partial charge in [-0.2, -0.15) is 0 Å². The van der Waals surface area contributed by atoms with E-state index in [1.54, 1.807) is 22.6 Å². The summed E-state index contributed by atoms with van der Waals surface area (Å²) in [6.45, 7) is 5.69. The van der Waals surface area contributed by atoms with Gasteiger partial charge in [0.15, 0.2) is 0 Å². The lowest BCUT2D eigenvalue weighted by molar-refractivity contribution is -0.127. The van der Waals surface area contributed by atoms with E-state index in [-0.39, 0.29) is 5.91 Å². The van der Waals surface area contributed by atoms with Crippen LogP contribution >= 0.6 is 23.1 Å². The largest absolute Gasteiger partial charge is 0.344 e. The van der Waals surface area contributed by atoms with E-state index in [1.165, 1.54) is 22.2 Å². The summed E-state index contributed by atoms with van der Waals surface area (Å²) in [5, 5.41) is 5.04. The molecule has 21 heavy (non-hydrogen) atoms. The minimum atomic E-state index is 0.117. The highest BCUT2D eigenvalue weighted by Gasteiger charge is 2.15. The van der Waals surface area contributed by atoms with Gasteiger partial charge in [-0.15, -0.1) is 11.3 Å². The highest BCUT2D eigenvalue weighted by Crippen LogP contribution is 2.34. The smallest absolute Gasteiger partial charge is 0.232 e. The first kappa shape index (κ1) is 16.2. The SMILES string of the molecule is CNCCN(C)C(=O)CSc1ncnc2sc(C)c(C)c12. The number of nitrogens with zero attached hydrogens (tertiary/aromatic N) is 3.